The SMILES string of the molecule is Cc1nn(C2CCS(=O)(=O)C2)c2c1C(c1cccc(Br)c1)CC(=O)N2. The first kappa shape index (κ1) is 16.8. The third kappa shape index (κ3) is 3.01. The average Bonchev–Trinajstić information content (AvgIpc) is 3.06. The second-order valence-corrected chi connectivity index (χ2v) is 9.85. The predicted octanol–water partition coefficient (Wildman–Crippen LogP) is 2.79. The zero-order chi connectivity index (χ0) is 17.8. The summed E-state index contributed by atoms with van der Waals surface area (Å²) in [6.07, 6.45) is 0.895. The van der Waals surface area contributed by atoms with Crippen molar-refractivity contribution >= 4 is 37.5 Å². The Bertz CT molecular complexity index is 968. The minimum absolute atomic E-state index is 0.0699. The first-order valence-electron chi connectivity index (χ1n) is 8.19. The summed E-state index contributed by atoms with van der Waals surface area (Å²) in [5.74, 6) is 0.764. The standard InChI is InChI=1S/C17H18BrN3O3S/c1-10-16-14(11-3-2-4-12(18)7-11)8-15(22)19-17(16)21(20-10)13-5-6-25(23,24)9-13/h2-4,7,13-14H,5-6,8-9H2,1H3,(H,19,22). The molecule has 2 aromatic rings. The summed E-state index contributed by atoms with van der Waals surface area (Å²) in [5.41, 5.74) is 2.87. The fraction of sp³-hybridized carbons (Fsp3) is 0.412. The fourth-order valence-corrected chi connectivity index (χ4v) is 5.92. The van der Waals surface area contributed by atoms with E-state index in [9.17, 15) is 13.2 Å². The molecule has 2 aliphatic rings. The van der Waals surface area contributed by atoms with Crippen LogP contribution in [0.4, 0.5) is 5.82 Å². The molecule has 0 bridgehead atoms. The summed E-state index contributed by atoms with van der Waals surface area (Å²) in [6, 6.07) is 7.72. The molecule has 1 fully saturated rings. The number of aromatic nitrogens is 2. The summed E-state index contributed by atoms with van der Waals surface area (Å²) < 4.78 is 26.4. The van der Waals surface area contributed by atoms with E-state index in [1.54, 1.807) is 4.68 Å². The molecule has 0 spiro atoms. The molecule has 1 aromatic carbocycles. The molecule has 2 unspecified atom stereocenters. The van der Waals surface area contributed by atoms with Gasteiger partial charge in [0, 0.05) is 22.4 Å². The van der Waals surface area contributed by atoms with Crippen LogP contribution < -0.4 is 5.32 Å². The highest BCUT2D eigenvalue weighted by atomic mass is 79.9. The Hall–Kier alpha value is -1.67. The van der Waals surface area contributed by atoms with E-state index >= 15 is 0 Å². The van der Waals surface area contributed by atoms with E-state index in [1.165, 1.54) is 0 Å². The van der Waals surface area contributed by atoms with Crippen molar-refractivity contribution in [2.75, 3.05) is 16.8 Å². The summed E-state index contributed by atoms with van der Waals surface area (Å²) in [4.78, 5) is 12.3. The molecule has 1 aromatic heterocycles. The van der Waals surface area contributed by atoms with Crippen LogP contribution in [0.5, 0.6) is 0 Å². The van der Waals surface area contributed by atoms with E-state index in [1.807, 2.05) is 31.2 Å². The molecule has 3 heterocycles. The predicted molar refractivity (Wildman–Crippen MR) is 98.5 cm³/mol. The lowest BCUT2D eigenvalue weighted by Gasteiger charge is -2.25. The van der Waals surface area contributed by atoms with Gasteiger partial charge in [0.05, 0.1) is 23.2 Å². The van der Waals surface area contributed by atoms with E-state index in [2.05, 4.69) is 26.3 Å². The van der Waals surface area contributed by atoms with Crippen molar-refractivity contribution in [1.29, 1.82) is 0 Å². The zero-order valence-electron chi connectivity index (χ0n) is 13.7. The molecular weight excluding hydrogens is 406 g/mol. The number of halogens is 1. The van der Waals surface area contributed by atoms with E-state index in [0.717, 1.165) is 21.3 Å². The molecule has 2 aliphatic heterocycles. The Kier molecular flexibility index (Phi) is 3.99. The number of aryl methyl sites for hydroxylation is 1. The Morgan fingerprint density at radius 2 is 2.16 bits per heavy atom. The van der Waals surface area contributed by atoms with Gasteiger partial charge in [0.15, 0.2) is 9.84 Å². The summed E-state index contributed by atoms with van der Waals surface area (Å²) in [6.45, 7) is 1.92. The number of fused-ring (bicyclic) bond motifs is 1. The number of sulfone groups is 1. The van der Waals surface area contributed by atoms with Crippen LogP contribution in [0.1, 0.15) is 41.6 Å². The van der Waals surface area contributed by atoms with E-state index in [0.29, 0.717) is 18.7 Å². The minimum atomic E-state index is -3.03. The number of nitrogens with zero attached hydrogens (tertiary/aromatic N) is 2. The molecule has 0 saturated carbocycles. The van der Waals surface area contributed by atoms with Gasteiger partial charge in [0.1, 0.15) is 5.82 Å². The van der Waals surface area contributed by atoms with Crippen molar-refractivity contribution < 1.29 is 13.2 Å². The molecular formula is C17H18BrN3O3S. The maximum atomic E-state index is 12.3. The van der Waals surface area contributed by atoms with Gasteiger partial charge < -0.3 is 5.32 Å². The number of carbonyl (C=O) groups is 1. The summed E-state index contributed by atoms with van der Waals surface area (Å²) in [7, 11) is -3.03. The van der Waals surface area contributed by atoms with Gasteiger partial charge in [-0.25, -0.2) is 13.1 Å². The van der Waals surface area contributed by atoms with Crippen LogP contribution in [0.2, 0.25) is 0 Å². The van der Waals surface area contributed by atoms with Gasteiger partial charge in [0.25, 0.3) is 0 Å². The lowest BCUT2D eigenvalue weighted by molar-refractivity contribution is -0.116. The molecule has 8 heteroatoms. The van der Waals surface area contributed by atoms with Crippen LogP contribution in [0.3, 0.4) is 0 Å². The first-order chi connectivity index (χ1) is 11.8. The number of benzene rings is 1. The second-order valence-electron chi connectivity index (χ2n) is 6.71. The quantitative estimate of drug-likeness (QED) is 0.804. The number of anilines is 1. The number of nitrogens with one attached hydrogen (secondary N) is 1. The largest absolute Gasteiger partial charge is 0.311 e. The van der Waals surface area contributed by atoms with Crippen LogP contribution in [0, 0.1) is 6.92 Å². The lowest BCUT2D eigenvalue weighted by Crippen LogP contribution is -2.26. The third-order valence-electron chi connectivity index (χ3n) is 4.93. The molecule has 4 rings (SSSR count). The molecule has 1 saturated heterocycles. The Morgan fingerprint density at radius 3 is 2.84 bits per heavy atom. The number of hydrogen-bond acceptors (Lipinski definition) is 4. The van der Waals surface area contributed by atoms with Crippen molar-refractivity contribution in [2.24, 2.45) is 0 Å². The average molecular weight is 424 g/mol. The van der Waals surface area contributed by atoms with Gasteiger partial charge in [-0.1, -0.05) is 28.1 Å². The maximum absolute atomic E-state index is 12.3. The van der Waals surface area contributed by atoms with E-state index in [-0.39, 0.29) is 29.4 Å². The van der Waals surface area contributed by atoms with Crippen molar-refractivity contribution in [3.63, 3.8) is 0 Å². The highest BCUT2D eigenvalue weighted by molar-refractivity contribution is 9.10. The summed E-state index contributed by atoms with van der Waals surface area (Å²) in [5, 5.41) is 7.52. The van der Waals surface area contributed by atoms with Crippen LogP contribution in [0.25, 0.3) is 0 Å². The molecule has 25 heavy (non-hydrogen) atoms. The second kappa shape index (κ2) is 5.95. The Balaban J connectivity index is 1.81. The smallest absolute Gasteiger partial charge is 0.226 e. The highest BCUT2D eigenvalue weighted by Crippen LogP contribution is 2.41. The van der Waals surface area contributed by atoms with E-state index < -0.39 is 9.84 Å². The van der Waals surface area contributed by atoms with Gasteiger partial charge in [-0.2, -0.15) is 5.10 Å². The maximum Gasteiger partial charge on any atom is 0.226 e. The lowest BCUT2D eigenvalue weighted by atomic mass is 9.86. The number of amides is 1. The van der Waals surface area contributed by atoms with Crippen molar-refractivity contribution in [3.8, 4) is 0 Å². The number of rotatable bonds is 2. The topological polar surface area (TPSA) is 81.1 Å². The fourth-order valence-electron chi connectivity index (χ4n) is 3.81. The minimum Gasteiger partial charge on any atom is -0.311 e. The van der Waals surface area contributed by atoms with Gasteiger partial charge >= 0.3 is 0 Å². The molecule has 132 valence electrons. The Morgan fingerprint density at radius 1 is 1.36 bits per heavy atom. The highest BCUT2D eigenvalue weighted by Gasteiger charge is 2.37. The van der Waals surface area contributed by atoms with E-state index in [4.69, 9.17) is 0 Å². The molecule has 2 atom stereocenters. The first-order valence-corrected chi connectivity index (χ1v) is 10.8. The van der Waals surface area contributed by atoms with Gasteiger partial charge in [0.2, 0.25) is 5.91 Å². The van der Waals surface area contributed by atoms with Gasteiger partial charge in [-0.15, -0.1) is 0 Å². The molecule has 6 nitrogen and oxygen atoms in total. The van der Waals surface area contributed by atoms with Crippen molar-refractivity contribution in [2.45, 2.75) is 31.7 Å². The Labute approximate surface area is 154 Å². The molecule has 0 aliphatic carbocycles. The van der Waals surface area contributed by atoms with Gasteiger partial charge in [-0.3, -0.25) is 4.79 Å². The van der Waals surface area contributed by atoms with Crippen molar-refractivity contribution in [1.82, 2.24) is 9.78 Å². The normalized spacial score (nSPS) is 24.8. The van der Waals surface area contributed by atoms with Crippen molar-refractivity contribution in [3.05, 3.63) is 45.6 Å². The molecule has 1 amide bonds. The van der Waals surface area contributed by atoms with Gasteiger partial charge in [-0.05, 0) is 31.0 Å². The van der Waals surface area contributed by atoms with Crippen LogP contribution in [-0.2, 0) is 14.6 Å². The monoisotopic (exact) mass is 423 g/mol. The van der Waals surface area contributed by atoms with Crippen LogP contribution >= 0.6 is 15.9 Å². The summed E-state index contributed by atoms with van der Waals surface area (Å²) >= 11 is 3.49. The number of carbonyl (C=O) groups excluding carboxylic acids is 1. The zero-order valence-corrected chi connectivity index (χ0v) is 16.1. The van der Waals surface area contributed by atoms with Crippen LogP contribution in [-0.4, -0.2) is 35.6 Å². The third-order valence-corrected chi connectivity index (χ3v) is 7.18. The molecule has 1 N–H and O–H groups in total. The number of hydrogen-bond donors (Lipinski definition) is 1. The van der Waals surface area contributed by atoms with Crippen LogP contribution in [0.15, 0.2) is 28.7 Å². The molecule has 0 radical (unpaired) electrons.